The van der Waals surface area contributed by atoms with Crippen LogP contribution in [0.1, 0.15) is 10.4 Å². The third kappa shape index (κ3) is 2.45. The van der Waals surface area contributed by atoms with Crippen LogP contribution >= 0.6 is 0 Å². The van der Waals surface area contributed by atoms with E-state index in [1.807, 2.05) is 0 Å². The van der Waals surface area contributed by atoms with Crippen LogP contribution in [0.5, 0.6) is 0 Å². The molecule has 92 valence electrons. The molecular weight excluding hydrogens is 240 g/mol. The van der Waals surface area contributed by atoms with Gasteiger partial charge < -0.3 is 10.4 Å². The number of hydrogen-bond donors (Lipinski definition) is 2. The predicted octanol–water partition coefficient (Wildman–Crippen LogP) is 3.41. The molecular formula is C13H9F2NO2. The molecule has 0 saturated heterocycles. The normalized spacial score (nSPS) is 10.1. The molecule has 2 aromatic carbocycles. The van der Waals surface area contributed by atoms with Gasteiger partial charge in [-0.25, -0.2) is 13.6 Å². The number of carboxylic acid groups (broad SMARTS) is 1. The molecule has 0 aliphatic heterocycles. The van der Waals surface area contributed by atoms with Crippen LogP contribution in [0.4, 0.5) is 20.2 Å². The number of rotatable bonds is 3. The summed E-state index contributed by atoms with van der Waals surface area (Å²) in [4.78, 5) is 10.6. The van der Waals surface area contributed by atoms with E-state index in [2.05, 4.69) is 5.32 Å². The smallest absolute Gasteiger partial charge is 0.335 e. The second-order valence-corrected chi connectivity index (χ2v) is 3.61. The van der Waals surface area contributed by atoms with Gasteiger partial charge in [0.15, 0.2) is 11.6 Å². The van der Waals surface area contributed by atoms with E-state index in [1.165, 1.54) is 0 Å². The monoisotopic (exact) mass is 249 g/mol. The molecule has 0 amide bonds. The summed E-state index contributed by atoms with van der Waals surface area (Å²) >= 11 is 0. The van der Waals surface area contributed by atoms with Gasteiger partial charge in [-0.3, -0.25) is 0 Å². The highest BCUT2D eigenvalue weighted by atomic mass is 19.1. The fourth-order valence-electron chi connectivity index (χ4n) is 1.48. The second kappa shape index (κ2) is 4.83. The Hall–Kier alpha value is -2.43. The Balaban J connectivity index is 2.37. The minimum Gasteiger partial charge on any atom is -0.478 e. The first-order chi connectivity index (χ1) is 8.58. The average Bonchev–Trinajstić information content (AvgIpc) is 2.34. The van der Waals surface area contributed by atoms with Crippen molar-refractivity contribution in [3.63, 3.8) is 0 Å². The Bertz CT molecular complexity index is 562. The van der Waals surface area contributed by atoms with Crippen LogP contribution in [0.2, 0.25) is 0 Å². The average molecular weight is 249 g/mol. The van der Waals surface area contributed by atoms with Gasteiger partial charge in [0.05, 0.1) is 5.56 Å². The summed E-state index contributed by atoms with van der Waals surface area (Å²) in [5, 5.41) is 11.2. The largest absolute Gasteiger partial charge is 0.478 e. The maximum absolute atomic E-state index is 13.6. The summed E-state index contributed by atoms with van der Waals surface area (Å²) in [6.07, 6.45) is 0. The molecule has 2 aromatic rings. The van der Waals surface area contributed by atoms with E-state index < -0.39 is 23.2 Å². The number of anilines is 2. The summed E-state index contributed by atoms with van der Waals surface area (Å²) in [5.74, 6) is -3.27. The number of aromatic carboxylic acids is 1. The van der Waals surface area contributed by atoms with Crippen LogP contribution in [-0.2, 0) is 0 Å². The van der Waals surface area contributed by atoms with Gasteiger partial charge in [0.25, 0.3) is 0 Å². The van der Waals surface area contributed by atoms with E-state index in [0.29, 0.717) is 5.69 Å². The highest BCUT2D eigenvalue weighted by molar-refractivity contribution is 5.88. The number of nitrogens with one attached hydrogen (secondary N) is 1. The first-order valence-electron chi connectivity index (χ1n) is 5.12. The van der Waals surface area contributed by atoms with E-state index in [4.69, 9.17) is 5.11 Å². The van der Waals surface area contributed by atoms with Crippen molar-refractivity contribution in [1.29, 1.82) is 0 Å². The van der Waals surface area contributed by atoms with Crippen molar-refractivity contribution in [2.24, 2.45) is 0 Å². The Morgan fingerprint density at radius 1 is 1.06 bits per heavy atom. The highest BCUT2D eigenvalue weighted by Crippen LogP contribution is 2.24. The molecule has 5 heteroatoms. The lowest BCUT2D eigenvalue weighted by Crippen LogP contribution is -2.03. The third-order valence-electron chi connectivity index (χ3n) is 2.33. The van der Waals surface area contributed by atoms with E-state index in [0.717, 1.165) is 12.1 Å². The first-order valence-corrected chi connectivity index (χ1v) is 5.12. The number of hydrogen-bond acceptors (Lipinski definition) is 2. The Kier molecular flexibility index (Phi) is 3.23. The van der Waals surface area contributed by atoms with Gasteiger partial charge in [0, 0.05) is 5.69 Å². The minimum atomic E-state index is -1.38. The van der Waals surface area contributed by atoms with Gasteiger partial charge in [-0.1, -0.05) is 18.2 Å². The van der Waals surface area contributed by atoms with Crippen LogP contribution in [0.15, 0.2) is 42.5 Å². The van der Waals surface area contributed by atoms with E-state index >= 15 is 0 Å². The third-order valence-corrected chi connectivity index (χ3v) is 2.33. The Labute approximate surface area is 102 Å². The van der Waals surface area contributed by atoms with Crippen molar-refractivity contribution in [2.75, 3.05) is 5.32 Å². The fourth-order valence-corrected chi connectivity index (χ4v) is 1.48. The van der Waals surface area contributed by atoms with E-state index in [-0.39, 0.29) is 5.69 Å². The quantitative estimate of drug-likeness (QED) is 0.876. The number of halogens is 2. The molecule has 0 aliphatic carbocycles. The zero-order chi connectivity index (χ0) is 13.1. The van der Waals surface area contributed by atoms with Gasteiger partial charge >= 0.3 is 5.97 Å². The molecule has 0 bridgehead atoms. The van der Waals surface area contributed by atoms with Gasteiger partial charge in [0.1, 0.15) is 5.69 Å². The van der Waals surface area contributed by atoms with Crippen LogP contribution in [0, 0.1) is 11.6 Å². The lowest BCUT2D eigenvalue weighted by molar-refractivity contribution is 0.0696. The van der Waals surface area contributed by atoms with Crippen molar-refractivity contribution in [2.45, 2.75) is 0 Å². The van der Waals surface area contributed by atoms with Crippen molar-refractivity contribution < 1.29 is 18.7 Å². The summed E-state index contributed by atoms with van der Waals surface area (Å²) in [6.45, 7) is 0. The number of para-hydroxylation sites is 1. The van der Waals surface area contributed by atoms with E-state index in [9.17, 15) is 13.6 Å². The highest BCUT2D eigenvalue weighted by Gasteiger charge is 2.14. The van der Waals surface area contributed by atoms with Gasteiger partial charge in [-0.05, 0) is 24.3 Å². The van der Waals surface area contributed by atoms with Crippen molar-refractivity contribution in [3.8, 4) is 0 Å². The molecule has 0 aromatic heterocycles. The lowest BCUT2D eigenvalue weighted by atomic mass is 10.2. The van der Waals surface area contributed by atoms with Crippen molar-refractivity contribution in [3.05, 3.63) is 59.7 Å². The topological polar surface area (TPSA) is 49.3 Å². The molecule has 0 fully saturated rings. The lowest BCUT2D eigenvalue weighted by Gasteiger charge is -2.09. The molecule has 0 saturated carbocycles. The van der Waals surface area contributed by atoms with Crippen molar-refractivity contribution >= 4 is 17.3 Å². The molecule has 0 atom stereocenters. The maximum atomic E-state index is 13.6. The zero-order valence-corrected chi connectivity index (χ0v) is 9.15. The minimum absolute atomic E-state index is 0.369. The molecule has 0 radical (unpaired) electrons. The Morgan fingerprint density at radius 2 is 1.61 bits per heavy atom. The van der Waals surface area contributed by atoms with Crippen molar-refractivity contribution in [1.82, 2.24) is 0 Å². The summed E-state index contributed by atoms with van der Waals surface area (Å²) in [6, 6.07) is 10.0. The number of carbonyl (C=O) groups is 1. The molecule has 0 heterocycles. The molecule has 0 spiro atoms. The molecule has 2 rings (SSSR count). The molecule has 18 heavy (non-hydrogen) atoms. The van der Waals surface area contributed by atoms with Crippen LogP contribution in [-0.4, -0.2) is 11.1 Å². The van der Waals surface area contributed by atoms with E-state index in [1.54, 1.807) is 30.3 Å². The Morgan fingerprint density at radius 3 is 2.11 bits per heavy atom. The van der Waals surface area contributed by atoms with Crippen LogP contribution < -0.4 is 5.32 Å². The predicted molar refractivity (Wildman–Crippen MR) is 63.0 cm³/mol. The van der Waals surface area contributed by atoms with Gasteiger partial charge in [0.2, 0.25) is 0 Å². The molecule has 0 unspecified atom stereocenters. The zero-order valence-electron chi connectivity index (χ0n) is 9.15. The summed E-state index contributed by atoms with van der Waals surface area (Å²) in [7, 11) is 0. The number of benzene rings is 2. The van der Waals surface area contributed by atoms with Crippen LogP contribution in [0.3, 0.4) is 0 Å². The maximum Gasteiger partial charge on any atom is 0.335 e. The van der Waals surface area contributed by atoms with Gasteiger partial charge in [-0.15, -0.1) is 0 Å². The summed E-state index contributed by atoms with van der Waals surface area (Å²) in [5.41, 5.74) is -0.284. The fraction of sp³-hybridized carbons (Fsp3) is 0. The molecule has 3 nitrogen and oxygen atoms in total. The standard InChI is InChI=1S/C13H9F2NO2/c14-10-6-8(13(17)18)7-11(15)12(10)16-9-4-2-1-3-5-9/h1-7,16H,(H,17,18). The molecule has 0 aliphatic rings. The second-order valence-electron chi connectivity index (χ2n) is 3.61. The first kappa shape index (κ1) is 12.0. The SMILES string of the molecule is O=C(O)c1cc(F)c(Nc2ccccc2)c(F)c1. The molecule has 2 N–H and O–H groups in total. The van der Waals surface area contributed by atoms with Gasteiger partial charge in [-0.2, -0.15) is 0 Å². The van der Waals surface area contributed by atoms with Crippen LogP contribution in [0.25, 0.3) is 0 Å². The number of carboxylic acids is 1. The summed E-state index contributed by atoms with van der Waals surface area (Å²) < 4.78 is 27.2.